The molecular weight excluding hydrogens is 332 g/mol. The molecule has 2 heterocycles. The Bertz CT molecular complexity index is 836. The van der Waals surface area contributed by atoms with Gasteiger partial charge in [0.1, 0.15) is 11.4 Å². The van der Waals surface area contributed by atoms with Gasteiger partial charge in [0.15, 0.2) is 0 Å². The van der Waals surface area contributed by atoms with Crippen LogP contribution in [0.15, 0.2) is 35.5 Å². The number of nitrogens with one attached hydrogen (secondary N) is 2. The molecule has 0 spiro atoms. The highest BCUT2D eigenvalue weighted by molar-refractivity contribution is 5.98. The number of hydrogen-bond acceptors (Lipinski definition) is 7. The number of hydrogen-bond donors (Lipinski definition) is 3. The highest BCUT2D eigenvalue weighted by Gasteiger charge is 2.22. The van der Waals surface area contributed by atoms with Gasteiger partial charge in [0.25, 0.3) is 5.91 Å². The van der Waals surface area contributed by atoms with E-state index in [4.69, 9.17) is 10.5 Å². The Morgan fingerprint density at radius 2 is 2.27 bits per heavy atom. The van der Waals surface area contributed by atoms with Crippen LogP contribution < -0.4 is 16.4 Å². The van der Waals surface area contributed by atoms with Crippen LogP contribution >= 0.6 is 0 Å². The minimum absolute atomic E-state index is 0.0972. The summed E-state index contributed by atoms with van der Waals surface area (Å²) in [7, 11) is 1.76. The van der Waals surface area contributed by atoms with Gasteiger partial charge in [0.2, 0.25) is 5.95 Å². The molecule has 8 nitrogen and oxygen atoms in total. The molecule has 1 aromatic heterocycles. The lowest BCUT2D eigenvalue weighted by Crippen LogP contribution is -2.39. The Balaban J connectivity index is 1.87. The number of carbonyl (C=O) groups excluding carboxylic acids is 1. The third-order valence-electron chi connectivity index (χ3n) is 4.11. The molecule has 0 saturated carbocycles. The Labute approximate surface area is 151 Å². The molecule has 1 aromatic carbocycles. The molecule has 8 heteroatoms. The minimum Gasteiger partial charge on any atom is -0.379 e. The van der Waals surface area contributed by atoms with Crippen LogP contribution in [0, 0.1) is 6.92 Å². The maximum atomic E-state index is 11.7. The van der Waals surface area contributed by atoms with E-state index in [0.29, 0.717) is 25.0 Å². The average molecular weight is 354 g/mol. The number of nitrogens with zero attached hydrogens (tertiary/aromatic N) is 3. The Morgan fingerprint density at radius 1 is 1.42 bits per heavy atom. The Hall–Kier alpha value is -3.00. The van der Waals surface area contributed by atoms with E-state index in [2.05, 4.69) is 25.6 Å². The number of anilines is 3. The van der Waals surface area contributed by atoms with E-state index < -0.39 is 5.91 Å². The standard InChI is InChI=1S/C18H22N6O2/c1-11-4-3-5-12(8-11)22-17-13(16(19)25)9-21-18(24-17)23-15-10-26-7-6-14(15)20-2/h3-5,8-9,15H,6-7,10H2,1-2H3,(H2,19,25)(H2,21,22,23,24)/t15-/m1/s1. The van der Waals surface area contributed by atoms with E-state index in [1.165, 1.54) is 6.20 Å². The molecular formula is C18H22N6O2. The van der Waals surface area contributed by atoms with Gasteiger partial charge in [0.05, 0.1) is 19.3 Å². The third kappa shape index (κ3) is 4.15. The Morgan fingerprint density at radius 3 is 3.00 bits per heavy atom. The quantitative estimate of drug-likeness (QED) is 0.755. The molecule has 1 aliphatic rings. The lowest BCUT2D eigenvalue weighted by molar-refractivity contribution is 0.100. The summed E-state index contributed by atoms with van der Waals surface area (Å²) in [6.07, 6.45) is 2.18. The van der Waals surface area contributed by atoms with Crippen LogP contribution in [-0.4, -0.2) is 47.9 Å². The zero-order chi connectivity index (χ0) is 18.5. The number of carbonyl (C=O) groups is 1. The number of nitrogens with two attached hydrogens (primary N) is 1. The van der Waals surface area contributed by atoms with Gasteiger partial charge in [-0.15, -0.1) is 0 Å². The lowest BCUT2D eigenvalue weighted by Gasteiger charge is -2.25. The molecule has 1 fully saturated rings. The van der Waals surface area contributed by atoms with E-state index >= 15 is 0 Å². The van der Waals surface area contributed by atoms with Crippen LogP contribution in [0.4, 0.5) is 17.5 Å². The molecule has 1 saturated heterocycles. The normalized spacial score (nSPS) is 18.5. The summed E-state index contributed by atoms with van der Waals surface area (Å²) in [6.45, 7) is 3.14. The zero-order valence-corrected chi connectivity index (χ0v) is 14.8. The monoisotopic (exact) mass is 354 g/mol. The van der Waals surface area contributed by atoms with Crippen LogP contribution in [0.5, 0.6) is 0 Å². The number of amides is 1. The maximum absolute atomic E-state index is 11.7. The van der Waals surface area contributed by atoms with Crippen molar-refractivity contribution >= 4 is 29.1 Å². The SMILES string of the molecule is CN=C1CCOC[C@H]1Nc1ncc(C(N)=O)c(Nc2cccc(C)c2)n1. The van der Waals surface area contributed by atoms with Crippen molar-refractivity contribution in [2.75, 3.05) is 30.9 Å². The van der Waals surface area contributed by atoms with E-state index in [1.807, 2.05) is 31.2 Å². The second-order valence-corrected chi connectivity index (χ2v) is 6.05. The second kappa shape index (κ2) is 7.92. The van der Waals surface area contributed by atoms with Gasteiger partial charge in [-0.2, -0.15) is 4.98 Å². The number of primary amides is 1. The van der Waals surface area contributed by atoms with Gasteiger partial charge in [0, 0.05) is 31.1 Å². The Kier molecular flexibility index (Phi) is 5.43. The van der Waals surface area contributed by atoms with E-state index in [9.17, 15) is 4.79 Å². The van der Waals surface area contributed by atoms with Gasteiger partial charge in [-0.1, -0.05) is 12.1 Å². The smallest absolute Gasteiger partial charge is 0.254 e. The van der Waals surface area contributed by atoms with Crippen LogP contribution in [-0.2, 0) is 4.74 Å². The number of aliphatic imine (C=N–C) groups is 1. The van der Waals surface area contributed by atoms with Crippen molar-refractivity contribution in [3.63, 3.8) is 0 Å². The molecule has 0 bridgehead atoms. The molecule has 1 atom stereocenters. The largest absolute Gasteiger partial charge is 0.379 e. The fourth-order valence-electron chi connectivity index (χ4n) is 2.78. The topological polar surface area (TPSA) is 115 Å². The van der Waals surface area contributed by atoms with Gasteiger partial charge < -0.3 is 21.1 Å². The summed E-state index contributed by atoms with van der Waals surface area (Å²) in [6, 6.07) is 7.66. The predicted molar refractivity (Wildman–Crippen MR) is 101 cm³/mol. The molecule has 0 unspecified atom stereocenters. The molecule has 1 aliphatic heterocycles. The van der Waals surface area contributed by atoms with Crippen LogP contribution in [0.1, 0.15) is 22.3 Å². The average Bonchev–Trinajstić information content (AvgIpc) is 2.62. The fourth-order valence-corrected chi connectivity index (χ4v) is 2.78. The first-order valence-electron chi connectivity index (χ1n) is 8.37. The predicted octanol–water partition coefficient (Wildman–Crippen LogP) is 1.90. The number of ether oxygens (including phenoxy) is 1. The molecule has 26 heavy (non-hydrogen) atoms. The van der Waals surface area contributed by atoms with Gasteiger partial charge >= 0.3 is 0 Å². The molecule has 136 valence electrons. The number of benzene rings is 1. The fraction of sp³-hybridized carbons (Fsp3) is 0.333. The summed E-state index contributed by atoms with van der Waals surface area (Å²) < 4.78 is 5.50. The second-order valence-electron chi connectivity index (χ2n) is 6.05. The molecule has 4 N–H and O–H groups in total. The van der Waals surface area contributed by atoms with Crippen LogP contribution in [0.2, 0.25) is 0 Å². The molecule has 1 amide bonds. The van der Waals surface area contributed by atoms with Crippen molar-refractivity contribution < 1.29 is 9.53 Å². The first-order chi connectivity index (χ1) is 12.6. The van der Waals surface area contributed by atoms with Crippen molar-refractivity contribution in [1.29, 1.82) is 0 Å². The third-order valence-corrected chi connectivity index (χ3v) is 4.11. The van der Waals surface area contributed by atoms with Crippen molar-refractivity contribution in [3.8, 4) is 0 Å². The van der Waals surface area contributed by atoms with Crippen molar-refractivity contribution in [2.45, 2.75) is 19.4 Å². The zero-order valence-electron chi connectivity index (χ0n) is 14.8. The van der Waals surface area contributed by atoms with Crippen molar-refractivity contribution in [1.82, 2.24) is 9.97 Å². The van der Waals surface area contributed by atoms with Crippen LogP contribution in [0.25, 0.3) is 0 Å². The molecule has 3 rings (SSSR count). The number of rotatable bonds is 5. The van der Waals surface area contributed by atoms with E-state index in [-0.39, 0.29) is 11.6 Å². The summed E-state index contributed by atoms with van der Waals surface area (Å²) in [5.41, 5.74) is 8.59. The number of aromatic nitrogens is 2. The highest BCUT2D eigenvalue weighted by Crippen LogP contribution is 2.21. The summed E-state index contributed by atoms with van der Waals surface area (Å²) >= 11 is 0. The molecule has 2 aromatic rings. The molecule has 0 aliphatic carbocycles. The van der Waals surface area contributed by atoms with Gasteiger partial charge in [-0.3, -0.25) is 9.79 Å². The van der Waals surface area contributed by atoms with Crippen LogP contribution in [0.3, 0.4) is 0 Å². The number of aryl methyl sites for hydroxylation is 1. The van der Waals surface area contributed by atoms with E-state index in [1.54, 1.807) is 7.05 Å². The maximum Gasteiger partial charge on any atom is 0.254 e. The molecule has 0 radical (unpaired) electrons. The minimum atomic E-state index is -0.594. The summed E-state index contributed by atoms with van der Waals surface area (Å²) in [4.78, 5) is 24.7. The highest BCUT2D eigenvalue weighted by atomic mass is 16.5. The first-order valence-corrected chi connectivity index (χ1v) is 8.37. The lowest BCUT2D eigenvalue weighted by atomic mass is 10.1. The van der Waals surface area contributed by atoms with Gasteiger partial charge in [-0.05, 0) is 24.6 Å². The van der Waals surface area contributed by atoms with Crippen molar-refractivity contribution in [2.24, 2.45) is 10.7 Å². The summed E-state index contributed by atoms with van der Waals surface area (Å²) in [5, 5.41) is 6.36. The van der Waals surface area contributed by atoms with Crippen molar-refractivity contribution in [3.05, 3.63) is 41.6 Å². The van der Waals surface area contributed by atoms with Gasteiger partial charge in [-0.25, -0.2) is 4.98 Å². The summed E-state index contributed by atoms with van der Waals surface area (Å²) in [5.74, 6) is 0.137. The first kappa shape index (κ1) is 17.8. The van der Waals surface area contributed by atoms with E-state index in [0.717, 1.165) is 23.4 Å².